The van der Waals surface area contributed by atoms with E-state index in [2.05, 4.69) is 10.3 Å². The molecular formula is C9H9F3N2O2S. The number of ketones is 1. The quantitative estimate of drug-likeness (QED) is 0.852. The first-order valence-electron chi connectivity index (χ1n) is 4.61. The molecule has 1 aromatic heterocycles. The molecule has 0 radical (unpaired) electrons. The average molecular weight is 266 g/mol. The molecule has 0 spiro atoms. The van der Waals surface area contributed by atoms with Crippen molar-refractivity contribution in [3.05, 3.63) is 11.1 Å². The van der Waals surface area contributed by atoms with Crippen LogP contribution in [0.5, 0.6) is 0 Å². The summed E-state index contributed by atoms with van der Waals surface area (Å²) >= 11 is 0.994. The van der Waals surface area contributed by atoms with Crippen molar-refractivity contribution in [1.29, 1.82) is 0 Å². The van der Waals surface area contributed by atoms with Gasteiger partial charge in [-0.05, 0) is 0 Å². The van der Waals surface area contributed by atoms with Crippen LogP contribution in [0.4, 0.5) is 18.3 Å². The molecule has 1 rings (SSSR count). The molecule has 94 valence electrons. The van der Waals surface area contributed by atoms with Crippen molar-refractivity contribution < 1.29 is 22.8 Å². The molecule has 0 aromatic carbocycles. The van der Waals surface area contributed by atoms with Crippen molar-refractivity contribution in [2.45, 2.75) is 25.9 Å². The lowest BCUT2D eigenvalue weighted by atomic mass is 10.3. The second-order valence-corrected chi connectivity index (χ2v) is 4.12. The highest BCUT2D eigenvalue weighted by Gasteiger charge is 2.28. The van der Waals surface area contributed by atoms with Crippen molar-refractivity contribution in [1.82, 2.24) is 4.98 Å². The molecule has 0 aliphatic carbocycles. The molecule has 1 amide bonds. The number of alkyl halides is 3. The summed E-state index contributed by atoms with van der Waals surface area (Å²) in [6, 6.07) is 0. The summed E-state index contributed by atoms with van der Waals surface area (Å²) in [5.41, 5.74) is 0.182. The van der Waals surface area contributed by atoms with Gasteiger partial charge in [0.15, 0.2) is 10.9 Å². The second-order valence-electron chi connectivity index (χ2n) is 3.26. The monoisotopic (exact) mass is 266 g/mol. The Morgan fingerprint density at radius 3 is 2.59 bits per heavy atom. The summed E-state index contributed by atoms with van der Waals surface area (Å²) in [7, 11) is 0. The fraction of sp³-hybridized carbons (Fsp3) is 0.444. The first-order valence-corrected chi connectivity index (χ1v) is 5.49. The number of thiazole rings is 1. The lowest BCUT2D eigenvalue weighted by Gasteiger charge is -2.05. The third-order valence-electron chi connectivity index (χ3n) is 1.75. The van der Waals surface area contributed by atoms with Crippen LogP contribution in [0.3, 0.4) is 0 Å². The van der Waals surface area contributed by atoms with Gasteiger partial charge in [0.2, 0.25) is 5.91 Å². The van der Waals surface area contributed by atoms with E-state index in [0.717, 1.165) is 11.3 Å². The number of hydrogen-bond donors (Lipinski definition) is 1. The highest BCUT2D eigenvalue weighted by molar-refractivity contribution is 7.14. The molecule has 0 atom stereocenters. The number of hydrogen-bond acceptors (Lipinski definition) is 4. The van der Waals surface area contributed by atoms with Gasteiger partial charge in [-0.1, -0.05) is 0 Å². The van der Waals surface area contributed by atoms with Crippen LogP contribution in [0, 0.1) is 0 Å². The third kappa shape index (κ3) is 4.94. The lowest BCUT2D eigenvalue weighted by Crippen LogP contribution is -2.16. The fourth-order valence-electron chi connectivity index (χ4n) is 0.930. The number of carbonyl (C=O) groups excluding carboxylic acids is 2. The Hall–Kier alpha value is -1.44. The Kier molecular flexibility index (Phi) is 4.22. The van der Waals surface area contributed by atoms with Crippen LogP contribution < -0.4 is 5.32 Å². The van der Waals surface area contributed by atoms with Gasteiger partial charge in [-0.15, -0.1) is 11.3 Å². The molecule has 1 heterocycles. The van der Waals surface area contributed by atoms with Gasteiger partial charge in [0.25, 0.3) is 0 Å². The van der Waals surface area contributed by atoms with Crippen LogP contribution in [0.15, 0.2) is 5.38 Å². The lowest BCUT2D eigenvalue weighted by molar-refractivity contribution is -0.142. The molecule has 4 nitrogen and oxygen atoms in total. The highest BCUT2D eigenvalue weighted by atomic mass is 32.1. The van der Waals surface area contributed by atoms with Gasteiger partial charge in [-0.25, -0.2) is 4.98 Å². The van der Waals surface area contributed by atoms with Crippen LogP contribution in [0.25, 0.3) is 0 Å². The maximum atomic E-state index is 11.8. The molecule has 0 aliphatic heterocycles. The van der Waals surface area contributed by atoms with E-state index in [1.807, 2.05) is 0 Å². The average Bonchev–Trinajstić information content (AvgIpc) is 2.62. The number of halogens is 3. The van der Waals surface area contributed by atoms with E-state index in [4.69, 9.17) is 0 Å². The highest BCUT2D eigenvalue weighted by Crippen LogP contribution is 2.22. The minimum absolute atomic E-state index is 0.127. The van der Waals surface area contributed by atoms with Gasteiger partial charge in [0, 0.05) is 18.7 Å². The zero-order valence-electron chi connectivity index (χ0n) is 8.80. The van der Waals surface area contributed by atoms with E-state index in [-0.39, 0.29) is 16.6 Å². The Morgan fingerprint density at radius 1 is 1.47 bits per heavy atom. The minimum atomic E-state index is -4.36. The SMILES string of the molecule is CC(=O)c1csc(NC(=O)CCC(F)(F)F)n1. The molecule has 1 aromatic rings. The molecule has 0 fully saturated rings. The number of aromatic nitrogens is 1. The molecule has 0 unspecified atom stereocenters. The zero-order chi connectivity index (χ0) is 13.1. The number of amides is 1. The maximum Gasteiger partial charge on any atom is 0.389 e. The summed E-state index contributed by atoms with van der Waals surface area (Å²) in [4.78, 5) is 25.7. The molecule has 1 N–H and O–H groups in total. The van der Waals surface area contributed by atoms with Crippen molar-refractivity contribution in [2.75, 3.05) is 5.32 Å². The van der Waals surface area contributed by atoms with Crippen molar-refractivity contribution in [3.63, 3.8) is 0 Å². The van der Waals surface area contributed by atoms with Crippen molar-refractivity contribution in [2.24, 2.45) is 0 Å². The third-order valence-corrected chi connectivity index (χ3v) is 2.50. The normalized spacial score (nSPS) is 11.3. The van der Waals surface area contributed by atoms with Crippen LogP contribution in [-0.4, -0.2) is 22.9 Å². The van der Waals surface area contributed by atoms with E-state index >= 15 is 0 Å². The molecule has 0 bridgehead atoms. The van der Waals surface area contributed by atoms with E-state index in [9.17, 15) is 22.8 Å². The molecular weight excluding hydrogens is 257 g/mol. The van der Waals surface area contributed by atoms with E-state index in [1.54, 1.807) is 0 Å². The number of Topliss-reactive ketones (excluding diaryl/α,β-unsaturated/α-hetero) is 1. The van der Waals surface area contributed by atoms with Crippen LogP contribution in [-0.2, 0) is 4.79 Å². The summed E-state index contributed by atoms with van der Waals surface area (Å²) in [6.45, 7) is 1.31. The number of rotatable bonds is 4. The maximum absolute atomic E-state index is 11.8. The second kappa shape index (κ2) is 5.26. The van der Waals surface area contributed by atoms with Gasteiger partial charge in [0.05, 0.1) is 6.42 Å². The van der Waals surface area contributed by atoms with E-state index in [1.165, 1.54) is 12.3 Å². The summed E-state index contributed by atoms with van der Waals surface area (Å²) in [5.74, 6) is -1.04. The summed E-state index contributed by atoms with van der Waals surface area (Å²) in [5, 5.41) is 3.77. The first kappa shape index (κ1) is 13.6. The van der Waals surface area contributed by atoms with Gasteiger partial charge in [-0.3, -0.25) is 9.59 Å². The largest absolute Gasteiger partial charge is 0.389 e. The van der Waals surface area contributed by atoms with Crippen LogP contribution >= 0.6 is 11.3 Å². The number of anilines is 1. The molecule has 17 heavy (non-hydrogen) atoms. The van der Waals surface area contributed by atoms with E-state index < -0.39 is 24.9 Å². The first-order chi connectivity index (χ1) is 7.78. The van der Waals surface area contributed by atoms with Gasteiger partial charge >= 0.3 is 6.18 Å². The minimum Gasteiger partial charge on any atom is -0.302 e. The molecule has 0 aliphatic rings. The predicted molar refractivity (Wildman–Crippen MR) is 56.0 cm³/mol. The Balaban J connectivity index is 2.48. The molecule has 0 saturated carbocycles. The smallest absolute Gasteiger partial charge is 0.302 e. The Labute approximate surface area is 98.9 Å². The van der Waals surface area contributed by atoms with Crippen LogP contribution in [0.2, 0.25) is 0 Å². The fourth-order valence-corrected chi connectivity index (χ4v) is 1.70. The van der Waals surface area contributed by atoms with Crippen LogP contribution in [0.1, 0.15) is 30.3 Å². The number of nitrogens with zero attached hydrogens (tertiary/aromatic N) is 1. The zero-order valence-corrected chi connectivity index (χ0v) is 9.61. The Bertz CT molecular complexity index is 428. The molecule has 0 saturated heterocycles. The van der Waals surface area contributed by atoms with Crippen molar-refractivity contribution >= 4 is 28.2 Å². The summed E-state index contributed by atoms with van der Waals surface area (Å²) < 4.78 is 35.5. The van der Waals surface area contributed by atoms with Gasteiger partial charge in [-0.2, -0.15) is 13.2 Å². The van der Waals surface area contributed by atoms with Gasteiger partial charge < -0.3 is 5.32 Å². The molecule has 8 heteroatoms. The predicted octanol–water partition coefficient (Wildman–Crippen LogP) is 2.63. The number of nitrogens with one attached hydrogen (secondary N) is 1. The van der Waals surface area contributed by atoms with E-state index in [0.29, 0.717) is 0 Å². The standard InChI is InChI=1S/C9H9F3N2O2S/c1-5(15)6-4-17-8(13-6)14-7(16)2-3-9(10,11)12/h4H,2-3H2,1H3,(H,13,14,16). The van der Waals surface area contributed by atoms with Crippen molar-refractivity contribution in [3.8, 4) is 0 Å². The Morgan fingerprint density at radius 2 is 2.12 bits per heavy atom. The topological polar surface area (TPSA) is 59.1 Å². The summed E-state index contributed by atoms with van der Waals surface area (Å²) in [6.07, 6.45) is -6.19. The van der Waals surface area contributed by atoms with Gasteiger partial charge in [0.1, 0.15) is 5.69 Å². The number of carbonyl (C=O) groups is 2.